The van der Waals surface area contributed by atoms with E-state index in [9.17, 15) is 4.79 Å². The molecule has 0 saturated heterocycles. The molecule has 2 aromatic rings. The number of rotatable bonds is 2. The summed E-state index contributed by atoms with van der Waals surface area (Å²) in [7, 11) is 0. The number of hydrogen-bond donors (Lipinski definition) is 0. The van der Waals surface area contributed by atoms with Crippen LogP contribution in [0.25, 0.3) is 5.69 Å². The minimum atomic E-state index is 0.716. The van der Waals surface area contributed by atoms with E-state index in [0.29, 0.717) is 4.88 Å². The minimum absolute atomic E-state index is 0.716. The van der Waals surface area contributed by atoms with Crippen LogP contribution in [0.3, 0.4) is 0 Å². The summed E-state index contributed by atoms with van der Waals surface area (Å²) in [5, 5.41) is 6.31. The van der Waals surface area contributed by atoms with E-state index in [1.54, 1.807) is 0 Å². The SMILES string of the molecule is Cc1nn(-c2csc(C=O)c2)c(C)c1Br. The molecule has 0 unspecified atom stereocenters. The Kier molecular flexibility index (Phi) is 2.75. The highest BCUT2D eigenvalue weighted by Gasteiger charge is 2.11. The maximum absolute atomic E-state index is 10.6. The van der Waals surface area contributed by atoms with E-state index in [4.69, 9.17) is 0 Å². The van der Waals surface area contributed by atoms with E-state index in [1.807, 2.05) is 30.0 Å². The second-order valence-corrected chi connectivity index (χ2v) is 4.96. The molecule has 78 valence electrons. The first-order valence-electron chi connectivity index (χ1n) is 4.39. The van der Waals surface area contributed by atoms with Crippen LogP contribution in [0, 0.1) is 13.8 Å². The smallest absolute Gasteiger partial charge is 0.160 e. The van der Waals surface area contributed by atoms with Crippen LogP contribution in [0.2, 0.25) is 0 Å². The van der Waals surface area contributed by atoms with Gasteiger partial charge in [-0.1, -0.05) is 0 Å². The number of aromatic nitrogens is 2. The van der Waals surface area contributed by atoms with Crippen molar-refractivity contribution in [3.63, 3.8) is 0 Å². The summed E-state index contributed by atoms with van der Waals surface area (Å²) in [6.45, 7) is 3.93. The Bertz CT molecular complexity index is 515. The lowest BCUT2D eigenvalue weighted by atomic mass is 10.4. The lowest BCUT2D eigenvalue weighted by Crippen LogP contribution is -1.96. The monoisotopic (exact) mass is 284 g/mol. The van der Waals surface area contributed by atoms with Gasteiger partial charge in [-0.2, -0.15) is 5.10 Å². The highest BCUT2D eigenvalue weighted by atomic mass is 79.9. The van der Waals surface area contributed by atoms with E-state index in [-0.39, 0.29) is 0 Å². The molecule has 5 heteroatoms. The second kappa shape index (κ2) is 3.90. The van der Waals surface area contributed by atoms with Gasteiger partial charge < -0.3 is 0 Å². The third-order valence-corrected chi connectivity index (χ3v) is 4.16. The van der Waals surface area contributed by atoms with Gasteiger partial charge in [0, 0.05) is 5.38 Å². The van der Waals surface area contributed by atoms with Crippen LogP contribution in [-0.2, 0) is 0 Å². The highest BCUT2D eigenvalue weighted by molar-refractivity contribution is 9.10. The van der Waals surface area contributed by atoms with Gasteiger partial charge in [-0.3, -0.25) is 4.79 Å². The zero-order valence-electron chi connectivity index (χ0n) is 8.32. The fraction of sp³-hybridized carbons (Fsp3) is 0.200. The van der Waals surface area contributed by atoms with Crippen molar-refractivity contribution in [3.8, 4) is 5.69 Å². The number of thiophene rings is 1. The summed E-state index contributed by atoms with van der Waals surface area (Å²) in [4.78, 5) is 11.3. The van der Waals surface area contributed by atoms with Gasteiger partial charge >= 0.3 is 0 Å². The maximum Gasteiger partial charge on any atom is 0.160 e. The summed E-state index contributed by atoms with van der Waals surface area (Å²) in [5.74, 6) is 0. The van der Waals surface area contributed by atoms with Gasteiger partial charge in [0.05, 0.1) is 26.4 Å². The molecule has 0 aliphatic rings. The van der Waals surface area contributed by atoms with Crippen molar-refractivity contribution in [1.82, 2.24) is 9.78 Å². The lowest BCUT2D eigenvalue weighted by molar-refractivity contribution is 0.112. The molecule has 0 saturated carbocycles. The van der Waals surface area contributed by atoms with Gasteiger partial charge in [0.15, 0.2) is 6.29 Å². The lowest BCUT2D eigenvalue weighted by Gasteiger charge is -1.99. The van der Waals surface area contributed by atoms with E-state index in [0.717, 1.165) is 27.8 Å². The number of nitrogens with zero attached hydrogens (tertiary/aromatic N) is 2. The van der Waals surface area contributed by atoms with Crippen molar-refractivity contribution < 1.29 is 4.79 Å². The Morgan fingerprint density at radius 3 is 2.73 bits per heavy atom. The van der Waals surface area contributed by atoms with Crippen molar-refractivity contribution in [3.05, 3.63) is 32.2 Å². The molecule has 2 aromatic heterocycles. The van der Waals surface area contributed by atoms with Crippen LogP contribution >= 0.6 is 27.3 Å². The fourth-order valence-corrected chi connectivity index (χ4v) is 2.31. The molecular weight excluding hydrogens is 276 g/mol. The van der Waals surface area contributed by atoms with Crippen LogP contribution in [0.5, 0.6) is 0 Å². The van der Waals surface area contributed by atoms with E-state index < -0.39 is 0 Å². The average Bonchev–Trinajstić information content (AvgIpc) is 2.79. The fourth-order valence-electron chi connectivity index (χ4n) is 1.39. The first-order valence-corrected chi connectivity index (χ1v) is 6.06. The first-order chi connectivity index (χ1) is 7.13. The molecule has 0 N–H and O–H groups in total. The Labute approximate surface area is 99.9 Å². The van der Waals surface area contributed by atoms with Crippen molar-refractivity contribution in [2.75, 3.05) is 0 Å². The molecular formula is C10H9BrN2OS. The Balaban J connectivity index is 2.53. The number of aryl methyl sites for hydroxylation is 1. The zero-order valence-corrected chi connectivity index (χ0v) is 10.7. The second-order valence-electron chi connectivity index (χ2n) is 3.22. The number of carbonyl (C=O) groups is 1. The third-order valence-electron chi connectivity index (χ3n) is 2.17. The normalized spacial score (nSPS) is 10.6. The average molecular weight is 285 g/mol. The van der Waals surface area contributed by atoms with Gasteiger partial charge in [0.25, 0.3) is 0 Å². The maximum atomic E-state index is 10.6. The zero-order chi connectivity index (χ0) is 11.0. The molecule has 0 aromatic carbocycles. The third kappa shape index (κ3) is 1.77. The van der Waals surface area contributed by atoms with Crippen molar-refractivity contribution >= 4 is 33.6 Å². The molecule has 0 bridgehead atoms. The number of hydrogen-bond acceptors (Lipinski definition) is 3. The standard InChI is InChI=1S/C10H9BrN2OS/c1-6-10(11)7(2)13(12-6)8-3-9(4-14)15-5-8/h3-5H,1-2H3. The summed E-state index contributed by atoms with van der Waals surface area (Å²) in [5.41, 5.74) is 2.93. The van der Waals surface area contributed by atoms with E-state index >= 15 is 0 Å². The molecule has 0 amide bonds. The van der Waals surface area contributed by atoms with Crippen molar-refractivity contribution in [2.45, 2.75) is 13.8 Å². The van der Waals surface area contributed by atoms with Gasteiger partial charge in [-0.15, -0.1) is 11.3 Å². The number of halogens is 1. The molecule has 3 nitrogen and oxygen atoms in total. The molecule has 15 heavy (non-hydrogen) atoms. The van der Waals surface area contributed by atoms with Gasteiger partial charge in [0.1, 0.15) is 0 Å². The molecule has 0 aliphatic heterocycles. The predicted octanol–water partition coefficient (Wildman–Crippen LogP) is 3.13. The molecule has 2 heterocycles. The quantitative estimate of drug-likeness (QED) is 0.795. The minimum Gasteiger partial charge on any atom is -0.297 e. The molecule has 2 rings (SSSR count). The number of aldehydes is 1. The summed E-state index contributed by atoms with van der Waals surface area (Å²) >= 11 is 4.90. The van der Waals surface area contributed by atoms with Crippen molar-refractivity contribution in [1.29, 1.82) is 0 Å². The van der Waals surface area contributed by atoms with Crippen LogP contribution in [0.1, 0.15) is 21.1 Å². The van der Waals surface area contributed by atoms with Gasteiger partial charge in [-0.05, 0) is 35.8 Å². The highest BCUT2D eigenvalue weighted by Crippen LogP contribution is 2.25. The van der Waals surface area contributed by atoms with Crippen molar-refractivity contribution in [2.24, 2.45) is 0 Å². The molecule has 0 aliphatic carbocycles. The Morgan fingerprint density at radius 2 is 2.27 bits per heavy atom. The van der Waals surface area contributed by atoms with Gasteiger partial charge in [-0.25, -0.2) is 4.68 Å². The van der Waals surface area contributed by atoms with Crippen LogP contribution < -0.4 is 0 Å². The summed E-state index contributed by atoms with van der Waals surface area (Å²) in [6, 6.07) is 1.84. The number of carbonyl (C=O) groups excluding carboxylic acids is 1. The van der Waals surface area contributed by atoms with E-state index in [2.05, 4.69) is 21.0 Å². The Hall–Kier alpha value is -0.940. The molecule has 0 fully saturated rings. The largest absolute Gasteiger partial charge is 0.297 e. The summed E-state index contributed by atoms with van der Waals surface area (Å²) in [6.07, 6.45) is 0.856. The Morgan fingerprint density at radius 1 is 1.53 bits per heavy atom. The molecule has 0 atom stereocenters. The van der Waals surface area contributed by atoms with Crippen LogP contribution in [0.15, 0.2) is 15.9 Å². The summed E-state index contributed by atoms with van der Waals surface area (Å²) < 4.78 is 2.85. The first kappa shape index (κ1) is 10.6. The predicted molar refractivity (Wildman–Crippen MR) is 64.0 cm³/mol. The van der Waals surface area contributed by atoms with Crippen LogP contribution in [0.4, 0.5) is 0 Å². The molecule has 0 spiro atoms. The van der Waals surface area contributed by atoms with E-state index in [1.165, 1.54) is 11.3 Å². The molecule has 0 radical (unpaired) electrons. The van der Waals surface area contributed by atoms with Crippen LogP contribution in [-0.4, -0.2) is 16.1 Å². The van der Waals surface area contributed by atoms with Gasteiger partial charge in [0.2, 0.25) is 0 Å². The topological polar surface area (TPSA) is 34.9 Å².